The number of nitrogens with zero attached hydrogens (tertiary/aromatic N) is 1. The largest absolute Gasteiger partial charge is 0.298 e. The number of likely N-dealkylation sites (tertiary alicyclic amines) is 1. The molecular weight excluding hydrogens is 222 g/mol. The first-order chi connectivity index (χ1) is 8.81. The highest BCUT2D eigenvalue weighted by atomic mass is 16.1. The average molecular weight is 245 g/mol. The fourth-order valence-electron chi connectivity index (χ4n) is 2.72. The number of hydrogen-bond donors (Lipinski definition) is 0. The van der Waals surface area contributed by atoms with Gasteiger partial charge in [-0.15, -0.1) is 0 Å². The third-order valence-electron chi connectivity index (χ3n) is 3.77. The van der Waals surface area contributed by atoms with Gasteiger partial charge in [-0.05, 0) is 12.0 Å². The summed E-state index contributed by atoms with van der Waals surface area (Å²) in [6.45, 7) is 4.06. The molecule has 1 aromatic rings. The Morgan fingerprint density at radius 3 is 2.72 bits per heavy atom. The summed E-state index contributed by atoms with van der Waals surface area (Å²) in [5, 5.41) is 0. The second kappa shape index (κ2) is 6.69. The van der Waals surface area contributed by atoms with E-state index in [1.54, 1.807) is 0 Å². The van der Waals surface area contributed by atoms with Crippen LogP contribution in [-0.4, -0.2) is 23.3 Å². The molecule has 1 aliphatic heterocycles. The third-order valence-corrected chi connectivity index (χ3v) is 3.77. The molecule has 1 aromatic carbocycles. The van der Waals surface area contributed by atoms with Gasteiger partial charge in [-0.1, -0.05) is 56.5 Å². The summed E-state index contributed by atoms with van der Waals surface area (Å²) in [5.41, 5.74) is 1.31. The molecule has 0 radical (unpaired) electrons. The zero-order chi connectivity index (χ0) is 12.8. The standard InChI is InChI=1S/C16H23NO/c1-2-3-5-10-15-16(18)11-12-17(15)13-14-8-6-4-7-9-14/h4,6-9,15H,2-3,5,10-13H2,1H3. The van der Waals surface area contributed by atoms with Gasteiger partial charge in [0.05, 0.1) is 6.04 Å². The molecule has 2 nitrogen and oxygen atoms in total. The molecular formula is C16H23NO. The number of rotatable bonds is 6. The molecule has 1 saturated heterocycles. The Hall–Kier alpha value is -1.15. The van der Waals surface area contributed by atoms with Gasteiger partial charge in [-0.25, -0.2) is 0 Å². The van der Waals surface area contributed by atoms with Crippen LogP contribution in [0.15, 0.2) is 30.3 Å². The van der Waals surface area contributed by atoms with Crippen molar-refractivity contribution < 1.29 is 4.79 Å². The summed E-state index contributed by atoms with van der Waals surface area (Å²) in [7, 11) is 0. The van der Waals surface area contributed by atoms with E-state index < -0.39 is 0 Å². The van der Waals surface area contributed by atoms with Crippen molar-refractivity contribution >= 4 is 5.78 Å². The summed E-state index contributed by atoms with van der Waals surface area (Å²) in [5.74, 6) is 0.446. The van der Waals surface area contributed by atoms with Crippen LogP contribution >= 0.6 is 0 Å². The lowest BCUT2D eigenvalue weighted by Gasteiger charge is -2.23. The van der Waals surface area contributed by atoms with Crippen LogP contribution in [0.5, 0.6) is 0 Å². The lowest BCUT2D eigenvalue weighted by atomic mass is 10.0. The number of carbonyl (C=O) groups excluding carboxylic acids is 1. The molecule has 2 rings (SSSR count). The van der Waals surface area contributed by atoms with Crippen LogP contribution in [0.1, 0.15) is 44.6 Å². The van der Waals surface area contributed by atoms with Gasteiger partial charge in [-0.3, -0.25) is 9.69 Å². The van der Waals surface area contributed by atoms with E-state index in [4.69, 9.17) is 0 Å². The van der Waals surface area contributed by atoms with E-state index in [0.717, 1.165) is 25.9 Å². The SMILES string of the molecule is CCCCCC1C(=O)CCN1Cc1ccccc1. The molecule has 0 aliphatic carbocycles. The highest BCUT2D eigenvalue weighted by molar-refractivity contribution is 5.86. The van der Waals surface area contributed by atoms with E-state index >= 15 is 0 Å². The monoisotopic (exact) mass is 245 g/mol. The Kier molecular flexibility index (Phi) is 4.94. The van der Waals surface area contributed by atoms with Crippen LogP contribution in [0.3, 0.4) is 0 Å². The van der Waals surface area contributed by atoms with Crippen LogP contribution in [0.4, 0.5) is 0 Å². The summed E-state index contributed by atoms with van der Waals surface area (Å²) < 4.78 is 0. The molecule has 0 amide bonds. The zero-order valence-electron chi connectivity index (χ0n) is 11.3. The molecule has 0 saturated carbocycles. The van der Waals surface area contributed by atoms with Gasteiger partial charge in [0.15, 0.2) is 5.78 Å². The van der Waals surface area contributed by atoms with E-state index in [-0.39, 0.29) is 6.04 Å². The molecule has 0 aromatic heterocycles. The van der Waals surface area contributed by atoms with Crippen molar-refractivity contribution in [3.63, 3.8) is 0 Å². The van der Waals surface area contributed by atoms with Crippen LogP contribution in [0, 0.1) is 0 Å². The van der Waals surface area contributed by atoms with Crippen molar-refractivity contribution in [2.75, 3.05) is 6.54 Å². The van der Waals surface area contributed by atoms with Gasteiger partial charge in [0.1, 0.15) is 0 Å². The van der Waals surface area contributed by atoms with E-state index in [9.17, 15) is 4.79 Å². The molecule has 18 heavy (non-hydrogen) atoms. The Balaban J connectivity index is 1.92. The van der Waals surface area contributed by atoms with Crippen molar-refractivity contribution in [3.8, 4) is 0 Å². The summed E-state index contributed by atoms with van der Waals surface area (Å²) in [4.78, 5) is 14.3. The van der Waals surface area contributed by atoms with Crippen molar-refractivity contribution in [1.82, 2.24) is 4.90 Å². The Labute approximate surface area is 110 Å². The molecule has 0 N–H and O–H groups in total. The maximum absolute atomic E-state index is 11.9. The normalized spacial score (nSPS) is 20.5. The van der Waals surface area contributed by atoms with Gasteiger partial charge in [0.2, 0.25) is 0 Å². The van der Waals surface area contributed by atoms with Crippen LogP contribution in [0.25, 0.3) is 0 Å². The number of Topliss-reactive ketones (excluding diaryl/α,β-unsaturated/α-hetero) is 1. The van der Waals surface area contributed by atoms with Crippen molar-refractivity contribution in [2.45, 2.75) is 51.6 Å². The van der Waals surface area contributed by atoms with E-state index in [0.29, 0.717) is 5.78 Å². The Bertz CT molecular complexity index is 374. The topological polar surface area (TPSA) is 20.3 Å². The molecule has 0 bridgehead atoms. The molecule has 0 spiro atoms. The minimum absolute atomic E-state index is 0.178. The Morgan fingerprint density at radius 1 is 1.22 bits per heavy atom. The average Bonchev–Trinajstić information content (AvgIpc) is 2.73. The molecule has 98 valence electrons. The second-order valence-corrected chi connectivity index (χ2v) is 5.18. The zero-order valence-corrected chi connectivity index (χ0v) is 11.3. The first-order valence-electron chi connectivity index (χ1n) is 7.12. The van der Waals surface area contributed by atoms with E-state index in [1.165, 1.54) is 24.8 Å². The first-order valence-corrected chi connectivity index (χ1v) is 7.12. The minimum Gasteiger partial charge on any atom is -0.298 e. The highest BCUT2D eigenvalue weighted by Gasteiger charge is 2.31. The predicted octanol–water partition coefficient (Wildman–Crippen LogP) is 3.41. The van der Waals surface area contributed by atoms with Crippen LogP contribution < -0.4 is 0 Å². The first kappa shape index (κ1) is 13.3. The molecule has 1 aliphatic rings. The van der Waals surface area contributed by atoms with Crippen LogP contribution in [0.2, 0.25) is 0 Å². The summed E-state index contributed by atoms with van der Waals surface area (Å²) in [6, 6.07) is 10.6. The Morgan fingerprint density at radius 2 is 2.00 bits per heavy atom. The van der Waals surface area contributed by atoms with Crippen LogP contribution in [-0.2, 0) is 11.3 Å². The summed E-state index contributed by atoms with van der Waals surface area (Å²) >= 11 is 0. The van der Waals surface area contributed by atoms with E-state index in [1.807, 2.05) is 6.07 Å². The van der Waals surface area contributed by atoms with Gasteiger partial charge >= 0.3 is 0 Å². The van der Waals surface area contributed by atoms with Crippen molar-refractivity contribution in [2.24, 2.45) is 0 Å². The lowest BCUT2D eigenvalue weighted by Crippen LogP contribution is -2.32. The van der Waals surface area contributed by atoms with Gasteiger partial charge in [-0.2, -0.15) is 0 Å². The molecule has 1 fully saturated rings. The fourth-order valence-corrected chi connectivity index (χ4v) is 2.72. The number of hydrogen-bond acceptors (Lipinski definition) is 2. The maximum Gasteiger partial charge on any atom is 0.151 e. The van der Waals surface area contributed by atoms with E-state index in [2.05, 4.69) is 36.1 Å². The van der Waals surface area contributed by atoms with Gasteiger partial charge in [0, 0.05) is 19.5 Å². The van der Waals surface area contributed by atoms with Crippen molar-refractivity contribution in [3.05, 3.63) is 35.9 Å². The molecule has 1 atom stereocenters. The molecule has 2 heteroatoms. The number of carbonyl (C=O) groups is 1. The summed E-state index contributed by atoms with van der Waals surface area (Å²) in [6.07, 6.45) is 5.42. The van der Waals surface area contributed by atoms with Gasteiger partial charge < -0.3 is 0 Å². The quantitative estimate of drug-likeness (QED) is 0.716. The van der Waals surface area contributed by atoms with Crippen molar-refractivity contribution in [1.29, 1.82) is 0 Å². The molecule has 1 unspecified atom stereocenters. The molecule has 1 heterocycles. The third kappa shape index (κ3) is 3.42. The lowest BCUT2D eigenvalue weighted by molar-refractivity contribution is -0.120. The van der Waals surface area contributed by atoms with Gasteiger partial charge in [0.25, 0.3) is 0 Å². The number of benzene rings is 1. The second-order valence-electron chi connectivity index (χ2n) is 5.18. The highest BCUT2D eigenvalue weighted by Crippen LogP contribution is 2.21. The number of ketones is 1. The number of unbranched alkanes of at least 4 members (excludes halogenated alkanes) is 2. The maximum atomic E-state index is 11.9. The fraction of sp³-hybridized carbons (Fsp3) is 0.562. The predicted molar refractivity (Wildman–Crippen MR) is 74.4 cm³/mol. The minimum atomic E-state index is 0.178. The smallest absolute Gasteiger partial charge is 0.151 e.